The first-order valence-electron chi connectivity index (χ1n) is 5.67. The Labute approximate surface area is 85.9 Å². The molecule has 0 bridgehead atoms. The highest BCUT2D eigenvalue weighted by molar-refractivity contribution is 5.01. The lowest BCUT2D eigenvalue weighted by Crippen LogP contribution is -2.58. The third kappa shape index (κ3) is 1.69. The van der Waals surface area contributed by atoms with E-state index in [0.29, 0.717) is 5.92 Å². The number of rotatable bonds is 3. The van der Waals surface area contributed by atoms with Gasteiger partial charge in [0.2, 0.25) is 0 Å². The van der Waals surface area contributed by atoms with Crippen LogP contribution in [0.25, 0.3) is 0 Å². The fraction of sp³-hybridized carbons (Fsp3) is 1.00. The monoisotopic (exact) mass is 199 g/mol. The van der Waals surface area contributed by atoms with Crippen molar-refractivity contribution in [2.45, 2.75) is 43.7 Å². The van der Waals surface area contributed by atoms with Crippen molar-refractivity contribution in [1.29, 1.82) is 0 Å². The molecule has 0 spiro atoms. The first-order valence-corrected chi connectivity index (χ1v) is 5.67. The maximum absolute atomic E-state index is 6.29. The number of nitrogens with two attached hydrogens (primary N) is 1. The Bertz CT molecular complexity index is 180. The lowest BCUT2D eigenvalue weighted by molar-refractivity contribution is -0.114. The van der Waals surface area contributed by atoms with Crippen LogP contribution in [0.15, 0.2) is 0 Å². The summed E-state index contributed by atoms with van der Waals surface area (Å²) in [7, 11) is 1.79. The van der Waals surface area contributed by atoms with Crippen LogP contribution in [0.2, 0.25) is 0 Å². The summed E-state index contributed by atoms with van der Waals surface area (Å²) in [6, 6.07) is 0.168. The molecule has 82 valence electrons. The van der Waals surface area contributed by atoms with Gasteiger partial charge in [0.15, 0.2) is 0 Å². The van der Waals surface area contributed by atoms with Crippen LogP contribution in [0.5, 0.6) is 0 Å². The average molecular weight is 199 g/mol. The van der Waals surface area contributed by atoms with E-state index in [1.54, 1.807) is 7.11 Å². The molecule has 14 heavy (non-hydrogen) atoms. The van der Waals surface area contributed by atoms with E-state index in [1.807, 2.05) is 0 Å². The fourth-order valence-corrected chi connectivity index (χ4v) is 2.68. The summed E-state index contributed by atoms with van der Waals surface area (Å²) in [5.74, 6) is 0.504. The smallest absolute Gasteiger partial charge is 0.0832 e. The molecule has 1 heterocycles. The van der Waals surface area contributed by atoms with Crippen molar-refractivity contribution in [1.82, 2.24) is 0 Å². The SMILES string of the molecule is COC1(C(N)C2CCCOC2)CCC1. The van der Waals surface area contributed by atoms with Crippen LogP contribution in [-0.2, 0) is 9.47 Å². The molecule has 3 nitrogen and oxygen atoms in total. The lowest BCUT2D eigenvalue weighted by atomic mass is 9.70. The normalized spacial score (nSPS) is 33.4. The standard InChI is InChI=1S/C11H21NO2/c1-13-11(5-3-6-11)10(12)9-4-2-7-14-8-9/h9-10H,2-8,12H2,1H3. The number of methoxy groups -OCH3 is 1. The molecule has 3 heteroatoms. The van der Waals surface area contributed by atoms with Gasteiger partial charge in [0.25, 0.3) is 0 Å². The van der Waals surface area contributed by atoms with Gasteiger partial charge in [0, 0.05) is 25.7 Å². The van der Waals surface area contributed by atoms with Crippen molar-refractivity contribution < 1.29 is 9.47 Å². The highest BCUT2D eigenvalue weighted by atomic mass is 16.5. The largest absolute Gasteiger partial charge is 0.381 e. The minimum Gasteiger partial charge on any atom is -0.381 e. The zero-order chi connectivity index (χ0) is 10.0. The Morgan fingerprint density at radius 1 is 1.43 bits per heavy atom. The second-order valence-electron chi connectivity index (χ2n) is 4.63. The molecule has 2 fully saturated rings. The van der Waals surface area contributed by atoms with Crippen molar-refractivity contribution >= 4 is 0 Å². The predicted octanol–water partition coefficient (Wildman–Crippen LogP) is 1.31. The molecular weight excluding hydrogens is 178 g/mol. The zero-order valence-electron chi connectivity index (χ0n) is 9.00. The molecule has 1 aliphatic heterocycles. The Kier molecular flexibility index (Phi) is 3.10. The molecular formula is C11H21NO2. The zero-order valence-corrected chi connectivity index (χ0v) is 9.00. The van der Waals surface area contributed by atoms with E-state index in [1.165, 1.54) is 12.8 Å². The van der Waals surface area contributed by atoms with Gasteiger partial charge < -0.3 is 15.2 Å². The molecule has 2 rings (SSSR count). The average Bonchev–Trinajstić information content (AvgIpc) is 2.18. The van der Waals surface area contributed by atoms with Crippen molar-refractivity contribution in [3.8, 4) is 0 Å². The highest BCUT2D eigenvalue weighted by Gasteiger charge is 2.46. The van der Waals surface area contributed by atoms with Gasteiger partial charge in [-0.05, 0) is 32.1 Å². The third-order valence-electron chi connectivity index (χ3n) is 3.92. The van der Waals surface area contributed by atoms with Crippen molar-refractivity contribution in [2.24, 2.45) is 11.7 Å². The second kappa shape index (κ2) is 4.17. The van der Waals surface area contributed by atoms with Gasteiger partial charge in [-0.2, -0.15) is 0 Å². The summed E-state index contributed by atoms with van der Waals surface area (Å²) in [6.45, 7) is 1.73. The first kappa shape index (κ1) is 10.4. The van der Waals surface area contributed by atoms with Crippen LogP contribution in [0.3, 0.4) is 0 Å². The van der Waals surface area contributed by atoms with Crippen molar-refractivity contribution in [3.05, 3.63) is 0 Å². The first-order chi connectivity index (χ1) is 6.78. The summed E-state index contributed by atoms with van der Waals surface area (Å²) in [5, 5.41) is 0. The maximum Gasteiger partial charge on any atom is 0.0832 e. The molecule has 1 saturated carbocycles. The van der Waals surface area contributed by atoms with E-state index in [9.17, 15) is 0 Å². The van der Waals surface area contributed by atoms with E-state index in [-0.39, 0.29) is 11.6 Å². The Hall–Kier alpha value is -0.120. The predicted molar refractivity (Wildman–Crippen MR) is 55.1 cm³/mol. The van der Waals surface area contributed by atoms with Crippen LogP contribution in [0.4, 0.5) is 0 Å². The molecule has 2 unspecified atom stereocenters. The molecule has 2 aliphatic rings. The molecule has 0 amide bonds. The van der Waals surface area contributed by atoms with E-state index in [4.69, 9.17) is 15.2 Å². The van der Waals surface area contributed by atoms with Crippen LogP contribution >= 0.6 is 0 Å². The Morgan fingerprint density at radius 3 is 2.64 bits per heavy atom. The third-order valence-corrected chi connectivity index (χ3v) is 3.92. The van der Waals surface area contributed by atoms with Gasteiger partial charge in [-0.1, -0.05) is 0 Å². The second-order valence-corrected chi connectivity index (χ2v) is 4.63. The van der Waals surface area contributed by atoms with Gasteiger partial charge >= 0.3 is 0 Å². The number of hydrogen-bond acceptors (Lipinski definition) is 3. The van der Waals surface area contributed by atoms with Gasteiger partial charge in [-0.25, -0.2) is 0 Å². The van der Waals surface area contributed by atoms with Crippen LogP contribution in [0, 0.1) is 5.92 Å². The van der Waals surface area contributed by atoms with Crippen molar-refractivity contribution in [2.75, 3.05) is 20.3 Å². The molecule has 0 aromatic rings. The van der Waals surface area contributed by atoms with Gasteiger partial charge in [0.05, 0.1) is 12.2 Å². The van der Waals surface area contributed by atoms with Gasteiger partial charge in [-0.15, -0.1) is 0 Å². The molecule has 1 saturated heterocycles. The van der Waals surface area contributed by atoms with Crippen LogP contribution < -0.4 is 5.73 Å². The van der Waals surface area contributed by atoms with Gasteiger partial charge in [-0.3, -0.25) is 0 Å². The Balaban J connectivity index is 1.94. The van der Waals surface area contributed by atoms with E-state index in [0.717, 1.165) is 32.5 Å². The summed E-state index contributed by atoms with van der Waals surface area (Å²) < 4.78 is 11.1. The number of hydrogen-bond donors (Lipinski definition) is 1. The molecule has 2 N–H and O–H groups in total. The molecule has 1 aliphatic carbocycles. The fourth-order valence-electron chi connectivity index (χ4n) is 2.68. The maximum atomic E-state index is 6.29. The van der Waals surface area contributed by atoms with Crippen LogP contribution in [-0.4, -0.2) is 32.0 Å². The van der Waals surface area contributed by atoms with E-state index in [2.05, 4.69) is 0 Å². The quantitative estimate of drug-likeness (QED) is 0.745. The summed E-state index contributed by atoms with van der Waals surface area (Å²) in [4.78, 5) is 0. The lowest BCUT2D eigenvalue weighted by Gasteiger charge is -2.48. The van der Waals surface area contributed by atoms with Gasteiger partial charge in [0.1, 0.15) is 0 Å². The highest BCUT2D eigenvalue weighted by Crippen LogP contribution is 2.40. The summed E-state index contributed by atoms with van der Waals surface area (Å²) in [6.07, 6.45) is 5.86. The van der Waals surface area contributed by atoms with Crippen molar-refractivity contribution in [3.63, 3.8) is 0 Å². The molecule has 2 atom stereocenters. The van der Waals surface area contributed by atoms with Crippen LogP contribution in [0.1, 0.15) is 32.1 Å². The van der Waals surface area contributed by atoms with E-state index < -0.39 is 0 Å². The van der Waals surface area contributed by atoms with E-state index >= 15 is 0 Å². The minimum absolute atomic E-state index is 0.0225. The molecule has 0 radical (unpaired) electrons. The number of ether oxygens (including phenoxy) is 2. The minimum atomic E-state index is -0.0225. The molecule has 0 aromatic carbocycles. The molecule has 0 aromatic heterocycles. The Morgan fingerprint density at radius 2 is 2.21 bits per heavy atom. The summed E-state index contributed by atoms with van der Waals surface area (Å²) >= 11 is 0. The topological polar surface area (TPSA) is 44.5 Å². The summed E-state index contributed by atoms with van der Waals surface area (Å²) in [5.41, 5.74) is 6.27.